The van der Waals surface area contributed by atoms with Gasteiger partial charge in [-0.2, -0.15) is 0 Å². The van der Waals surface area contributed by atoms with Gasteiger partial charge in [0, 0.05) is 27.7 Å². The van der Waals surface area contributed by atoms with Crippen molar-refractivity contribution < 1.29 is 22.8 Å². The van der Waals surface area contributed by atoms with Crippen molar-refractivity contribution >= 4 is 56.5 Å². The van der Waals surface area contributed by atoms with E-state index in [1.165, 1.54) is 30.0 Å². The van der Waals surface area contributed by atoms with E-state index in [9.17, 15) is 22.8 Å². The van der Waals surface area contributed by atoms with Crippen LogP contribution in [0.1, 0.15) is 50.5 Å². The first-order chi connectivity index (χ1) is 16.5. The molecule has 0 spiro atoms. The summed E-state index contributed by atoms with van der Waals surface area (Å²) in [5, 5.41) is 3.56. The van der Waals surface area contributed by atoms with Crippen LogP contribution in [0.4, 0.5) is 5.69 Å². The number of benzene rings is 2. The molecule has 8 nitrogen and oxygen atoms in total. The van der Waals surface area contributed by atoms with Gasteiger partial charge in [-0.05, 0) is 64.4 Å². The molecular formula is C25H31Cl2N3O5S. The van der Waals surface area contributed by atoms with Gasteiger partial charge in [-0.25, -0.2) is 8.42 Å². The molecule has 0 saturated heterocycles. The van der Waals surface area contributed by atoms with Gasteiger partial charge in [0.05, 0.1) is 11.9 Å². The van der Waals surface area contributed by atoms with Gasteiger partial charge in [-0.1, -0.05) is 41.4 Å². The minimum atomic E-state index is -3.92. The standard InChI is InChI=1S/C25H31Cl2N3O5S/c1-16(24(33)28-25(3,4)5)29(14-19-10-11-20(26)13-22(19)27)23(32)15-30(36(6,34)35)21-9-7-8-18(12-21)17(2)31/h7-13,16H,14-15H2,1-6H3,(H,28,33)/t16-/m1/s1. The molecule has 36 heavy (non-hydrogen) atoms. The van der Waals surface area contributed by atoms with E-state index in [0.717, 1.165) is 10.6 Å². The van der Waals surface area contributed by atoms with Gasteiger partial charge in [0.2, 0.25) is 21.8 Å². The summed E-state index contributed by atoms with van der Waals surface area (Å²) in [5.74, 6) is -1.29. The zero-order valence-corrected chi connectivity index (χ0v) is 23.5. The third-order valence-electron chi connectivity index (χ3n) is 5.24. The number of nitrogens with zero attached hydrogens (tertiary/aromatic N) is 2. The normalized spacial score (nSPS) is 12.6. The average Bonchev–Trinajstić information content (AvgIpc) is 2.74. The van der Waals surface area contributed by atoms with E-state index >= 15 is 0 Å². The number of carbonyl (C=O) groups is 3. The van der Waals surface area contributed by atoms with Crippen LogP contribution in [0.3, 0.4) is 0 Å². The molecule has 2 aromatic rings. The Morgan fingerprint density at radius 1 is 1.06 bits per heavy atom. The molecule has 1 N–H and O–H groups in total. The number of amides is 2. The summed E-state index contributed by atoms with van der Waals surface area (Å²) < 4.78 is 26.2. The largest absolute Gasteiger partial charge is 0.350 e. The number of hydrogen-bond donors (Lipinski definition) is 1. The highest BCUT2D eigenvalue weighted by Crippen LogP contribution is 2.25. The highest BCUT2D eigenvalue weighted by molar-refractivity contribution is 7.92. The quantitative estimate of drug-likeness (QED) is 0.464. The number of carbonyl (C=O) groups excluding carboxylic acids is 3. The molecular weight excluding hydrogens is 525 g/mol. The number of anilines is 1. The van der Waals surface area contributed by atoms with Gasteiger partial charge < -0.3 is 10.2 Å². The Balaban J connectivity index is 2.48. The van der Waals surface area contributed by atoms with Crippen molar-refractivity contribution in [3.8, 4) is 0 Å². The van der Waals surface area contributed by atoms with Crippen LogP contribution in [0.15, 0.2) is 42.5 Å². The lowest BCUT2D eigenvalue weighted by Gasteiger charge is -2.33. The molecule has 0 aliphatic rings. The Hall–Kier alpha value is -2.62. The number of nitrogens with one attached hydrogen (secondary N) is 1. The van der Waals surface area contributed by atoms with E-state index in [0.29, 0.717) is 21.2 Å². The second-order valence-electron chi connectivity index (χ2n) is 9.55. The summed E-state index contributed by atoms with van der Waals surface area (Å²) in [6, 6.07) is 9.83. The van der Waals surface area contributed by atoms with Crippen molar-refractivity contribution in [3.05, 3.63) is 63.6 Å². The fourth-order valence-electron chi connectivity index (χ4n) is 3.38. The van der Waals surface area contributed by atoms with E-state index < -0.39 is 40.0 Å². The molecule has 196 valence electrons. The summed E-state index contributed by atoms with van der Waals surface area (Å²) in [6.07, 6.45) is 0.969. The zero-order valence-electron chi connectivity index (χ0n) is 21.1. The van der Waals surface area contributed by atoms with Crippen LogP contribution < -0.4 is 9.62 Å². The van der Waals surface area contributed by atoms with Gasteiger partial charge in [-0.3, -0.25) is 18.7 Å². The number of halogens is 2. The molecule has 0 aliphatic carbocycles. The summed E-state index contributed by atoms with van der Waals surface area (Å²) in [7, 11) is -3.92. The predicted octanol–water partition coefficient (Wildman–Crippen LogP) is 4.29. The fraction of sp³-hybridized carbons (Fsp3) is 0.400. The molecule has 0 unspecified atom stereocenters. The molecule has 2 aromatic carbocycles. The van der Waals surface area contributed by atoms with Crippen LogP contribution in [0.5, 0.6) is 0 Å². The smallest absolute Gasteiger partial charge is 0.244 e. The second kappa shape index (κ2) is 11.6. The zero-order chi connectivity index (χ0) is 27.4. The van der Waals surface area contributed by atoms with Gasteiger partial charge in [0.15, 0.2) is 5.78 Å². The molecule has 2 rings (SSSR count). The average molecular weight is 557 g/mol. The molecule has 1 atom stereocenters. The molecule has 0 aliphatic heterocycles. The van der Waals surface area contributed by atoms with Gasteiger partial charge in [0.25, 0.3) is 0 Å². The van der Waals surface area contributed by atoms with Crippen molar-refractivity contribution in [1.29, 1.82) is 0 Å². The number of rotatable bonds is 9. The summed E-state index contributed by atoms with van der Waals surface area (Å²) in [4.78, 5) is 39.7. The molecule has 11 heteroatoms. The first-order valence-electron chi connectivity index (χ1n) is 11.1. The van der Waals surface area contributed by atoms with Crippen molar-refractivity contribution in [2.45, 2.75) is 52.7 Å². The van der Waals surface area contributed by atoms with Crippen LogP contribution in [0.2, 0.25) is 10.0 Å². The number of Topliss-reactive ketones (excluding diaryl/α,β-unsaturated/α-hetero) is 1. The van der Waals surface area contributed by atoms with E-state index in [1.54, 1.807) is 31.2 Å². The highest BCUT2D eigenvalue weighted by Gasteiger charge is 2.31. The lowest BCUT2D eigenvalue weighted by molar-refractivity contribution is -0.140. The minimum Gasteiger partial charge on any atom is -0.350 e. The third-order valence-corrected chi connectivity index (χ3v) is 6.97. The topological polar surface area (TPSA) is 104 Å². The number of sulfonamides is 1. The first kappa shape index (κ1) is 29.6. The second-order valence-corrected chi connectivity index (χ2v) is 12.3. The molecule has 0 radical (unpaired) electrons. The number of hydrogen-bond acceptors (Lipinski definition) is 5. The predicted molar refractivity (Wildman–Crippen MR) is 143 cm³/mol. The van der Waals surface area contributed by atoms with E-state index in [-0.39, 0.29) is 18.0 Å². The first-order valence-corrected chi connectivity index (χ1v) is 13.7. The van der Waals surface area contributed by atoms with E-state index in [4.69, 9.17) is 23.2 Å². The van der Waals surface area contributed by atoms with E-state index in [2.05, 4.69) is 5.32 Å². The molecule has 0 bridgehead atoms. The monoisotopic (exact) mass is 555 g/mol. The maximum atomic E-state index is 13.6. The Kier molecular flexibility index (Phi) is 9.56. The molecule has 0 heterocycles. The molecule has 0 saturated carbocycles. The minimum absolute atomic E-state index is 0.0569. The lowest BCUT2D eigenvalue weighted by Crippen LogP contribution is -2.54. The van der Waals surface area contributed by atoms with Crippen LogP contribution in [-0.4, -0.2) is 55.3 Å². The SMILES string of the molecule is CC(=O)c1cccc(N(CC(=O)N(Cc2ccc(Cl)cc2Cl)[C@H](C)C(=O)NC(C)(C)C)S(C)(=O)=O)c1. The van der Waals surface area contributed by atoms with Crippen molar-refractivity contribution in [1.82, 2.24) is 10.2 Å². The molecule has 0 aromatic heterocycles. The summed E-state index contributed by atoms with van der Waals surface area (Å²) in [5.41, 5.74) is 0.449. The van der Waals surface area contributed by atoms with Gasteiger partial charge in [0.1, 0.15) is 12.6 Å². The van der Waals surface area contributed by atoms with Crippen molar-refractivity contribution in [3.63, 3.8) is 0 Å². The van der Waals surface area contributed by atoms with Crippen molar-refractivity contribution in [2.24, 2.45) is 0 Å². The van der Waals surface area contributed by atoms with Crippen LogP contribution in [0, 0.1) is 0 Å². The maximum absolute atomic E-state index is 13.6. The van der Waals surface area contributed by atoms with Crippen LogP contribution >= 0.6 is 23.2 Å². The Morgan fingerprint density at radius 3 is 2.22 bits per heavy atom. The van der Waals surface area contributed by atoms with Crippen LogP contribution in [0.25, 0.3) is 0 Å². The maximum Gasteiger partial charge on any atom is 0.244 e. The van der Waals surface area contributed by atoms with Gasteiger partial charge in [-0.15, -0.1) is 0 Å². The Bertz CT molecular complexity index is 1260. The highest BCUT2D eigenvalue weighted by atomic mass is 35.5. The Labute approximate surface area is 222 Å². The number of ketones is 1. The lowest BCUT2D eigenvalue weighted by atomic mass is 10.1. The third kappa shape index (κ3) is 8.21. The summed E-state index contributed by atoms with van der Waals surface area (Å²) in [6.45, 7) is 7.72. The molecule has 0 fully saturated rings. The molecule has 2 amide bonds. The Morgan fingerprint density at radius 2 is 1.69 bits per heavy atom. The fourth-order valence-corrected chi connectivity index (χ4v) is 4.69. The summed E-state index contributed by atoms with van der Waals surface area (Å²) >= 11 is 12.3. The van der Waals surface area contributed by atoms with Crippen molar-refractivity contribution in [2.75, 3.05) is 17.1 Å². The van der Waals surface area contributed by atoms with E-state index in [1.807, 2.05) is 20.8 Å². The van der Waals surface area contributed by atoms with Gasteiger partial charge >= 0.3 is 0 Å². The van der Waals surface area contributed by atoms with Crippen LogP contribution in [-0.2, 0) is 26.2 Å².